The van der Waals surface area contributed by atoms with Gasteiger partial charge in [-0.3, -0.25) is 0 Å². The molecule has 0 aliphatic rings. The molecule has 2 aromatic carbocycles. The number of carboxylic acids is 1. The number of ether oxygens (including phenoxy) is 1. The molecule has 0 bridgehead atoms. The number of carboxylic acid groups (broad SMARTS) is 1. The number of rotatable bonds is 4. The highest BCUT2D eigenvalue weighted by Gasteiger charge is 2.12. The van der Waals surface area contributed by atoms with Crippen molar-refractivity contribution in [3.05, 3.63) is 59.2 Å². The molecule has 4 nitrogen and oxygen atoms in total. The zero-order valence-corrected chi connectivity index (χ0v) is 13.8. The van der Waals surface area contributed by atoms with Gasteiger partial charge in [0.2, 0.25) is 0 Å². The van der Waals surface area contributed by atoms with E-state index < -0.39 is 5.97 Å². The van der Waals surface area contributed by atoms with Gasteiger partial charge in [-0.05, 0) is 49.8 Å². The Morgan fingerprint density at radius 3 is 2.67 bits per heavy atom. The van der Waals surface area contributed by atoms with E-state index in [4.69, 9.17) is 14.3 Å². The van der Waals surface area contributed by atoms with Crippen LogP contribution in [0.15, 0.2) is 52.5 Å². The fourth-order valence-electron chi connectivity index (χ4n) is 2.63. The Hall–Kier alpha value is -3.01. The standard InChI is InChI=1S/C20H18O4/c1-12-5-4-6-15(7-12)17-11-16-9-14(8-13(2)20(21)22)10-18(23-3)19(16)24-17/h4-11H,1-3H3,(H,21,22)/b13-8+. The Morgan fingerprint density at radius 2 is 2.00 bits per heavy atom. The summed E-state index contributed by atoms with van der Waals surface area (Å²) < 4.78 is 11.4. The average Bonchev–Trinajstić information content (AvgIpc) is 2.98. The lowest BCUT2D eigenvalue weighted by Gasteiger charge is -2.03. The van der Waals surface area contributed by atoms with Crippen molar-refractivity contribution in [3.8, 4) is 17.1 Å². The van der Waals surface area contributed by atoms with E-state index in [0.717, 1.165) is 27.8 Å². The van der Waals surface area contributed by atoms with Crippen LogP contribution >= 0.6 is 0 Å². The average molecular weight is 322 g/mol. The van der Waals surface area contributed by atoms with Crippen LogP contribution in [-0.4, -0.2) is 18.2 Å². The van der Waals surface area contributed by atoms with Gasteiger partial charge in [0, 0.05) is 16.5 Å². The predicted molar refractivity (Wildman–Crippen MR) is 94.2 cm³/mol. The van der Waals surface area contributed by atoms with E-state index in [2.05, 4.69) is 6.07 Å². The van der Waals surface area contributed by atoms with Crippen molar-refractivity contribution < 1.29 is 19.1 Å². The lowest BCUT2D eigenvalue weighted by atomic mass is 10.1. The Morgan fingerprint density at radius 1 is 1.21 bits per heavy atom. The molecule has 0 spiro atoms. The smallest absolute Gasteiger partial charge is 0.331 e. The summed E-state index contributed by atoms with van der Waals surface area (Å²) >= 11 is 0. The molecule has 1 aromatic heterocycles. The Bertz CT molecular complexity index is 947. The maximum absolute atomic E-state index is 11.0. The number of hydrogen-bond acceptors (Lipinski definition) is 3. The number of aryl methyl sites for hydroxylation is 1. The topological polar surface area (TPSA) is 59.7 Å². The first-order chi connectivity index (χ1) is 11.5. The molecule has 0 unspecified atom stereocenters. The quantitative estimate of drug-likeness (QED) is 0.694. The molecule has 4 heteroatoms. The van der Waals surface area contributed by atoms with Crippen molar-refractivity contribution in [2.45, 2.75) is 13.8 Å². The second kappa shape index (κ2) is 6.24. The molecule has 0 aliphatic heterocycles. The molecule has 3 aromatic rings. The van der Waals surface area contributed by atoms with Crippen LogP contribution in [0.3, 0.4) is 0 Å². The van der Waals surface area contributed by atoms with Crippen LogP contribution in [0.2, 0.25) is 0 Å². The zero-order valence-electron chi connectivity index (χ0n) is 13.8. The molecular weight excluding hydrogens is 304 g/mol. The van der Waals surface area contributed by atoms with Crippen LogP contribution < -0.4 is 4.74 Å². The van der Waals surface area contributed by atoms with Gasteiger partial charge >= 0.3 is 5.97 Å². The van der Waals surface area contributed by atoms with Gasteiger partial charge in [0.15, 0.2) is 11.3 Å². The molecule has 0 radical (unpaired) electrons. The van der Waals surface area contributed by atoms with Gasteiger partial charge in [0.1, 0.15) is 5.76 Å². The number of carbonyl (C=O) groups is 1. The second-order valence-corrected chi connectivity index (χ2v) is 5.75. The third-order valence-corrected chi connectivity index (χ3v) is 3.85. The largest absolute Gasteiger partial charge is 0.493 e. The minimum Gasteiger partial charge on any atom is -0.493 e. The van der Waals surface area contributed by atoms with Gasteiger partial charge in [-0.15, -0.1) is 0 Å². The number of fused-ring (bicyclic) bond motifs is 1. The van der Waals surface area contributed by atoms with Crippen LogP contribution in [0.4, 0.5) is 0 Å². The summed E-state index contributed by atoms with van der Waals surface area (Å²) in [6, 6.07) is 13.7. The van der Waals surface area contributed by atoms with Gasteiger partial charge < -0.3 is 14.3 Å². The van der Waals surface area contributed by atoms with Crippen LogP contribution in [-0.2, 0) is 4.79 Å². The molecular formula is C20H18O4. The molecule has 0 fully saturated rings. The molecule has 1 heterocycles. The first-order valence-corrected chi connectivity index (χ1v) is 7.58. The SMILES string of the molecule is COc1cc(/C=C(\C)C(=O)O)cc2cc(-c3cccc(C)c3)oc12. The lowest BCUT2D eigenvalue weighted by Crippen LogP contribution is -1.95. The van der Waals surface area contributed by atoms with Crippen LogP contribution in [0.1, 0.15) is 18.1 Å². The highest BCUT2D eigenvalue weighted by atomic mass is 16.5. The van der Waals surface area contributed by atoms with E-state index in [-0.39, 0.29) is 5.57 Å². The number of benzene rings is 2. The van der Waals surface area contributed by atoms with Gasteiger partial charge in [0.05, 0.1) is 7.11 Å². The zero-order chi connectivity index (χ0) is 17.3. The number of aliphatic carboxylic acids is 1. The van der Waals surface area contributed by atoms with Crippen LogP contribution in [0.5, 0.6) is 5.75 Å². The maximum atomic E-state index is 11.0. The molecule has 0 amide bonds. The Kier molecular flexibility index (Phi) is 4.13. The fourth-order valence-corrected chi connectivity index (χ4v) is 2.63. The van der Waals surface area contributed by atoms with Gasteiger partial charge in [-0.2, -0.15) is 0 Å². The summed E-state index contributed by atoms with van der Waals surface area (Å²) in [5.74, 6) is 0.389. The molecule has 0 saturated heterocycles. The van der Waals surface area contributed by atoms with E-state index in [0.29, 0.717) is 11.3 Å². The van der Waals surface area contributed by atoms with E-state index in [1.807, 2.05) is 37.3 Å². The first-order valence-electron chi connectivity index (χ1n) is 7.58. The molecule has 0 saturated carbocycles. The van der Waals surface area contributed by atoms with Crippen LogP contribution in [0, 0.1) is 6.92 Å². The summed E-state index contributed by atoms with van der Waals surface area (Å²) in [6.45, 7) is 3.59. The molecule has 24 heavy (non-hydrogen) atoms. The molecule has 3 rings (SSSR count). The van der Waals surface area contributed by atoms with Crippen molar-refractivity contribution in [2.24, 2.45) is 0 Å². The fraction of sp³-hybridized carbons (Fsp3) is 0.150. The number of hydrogen-bond donors (Lipinski definition) is 1. The van der Waals surface area contributed by atoms with Crippen molar-refractivity contribution in [1.29, 1.82) is 0 Å². The summed E-state index contributed by atoms with van der Waals surface area (Å²) in [4.78, 5) is 11.0. The second-order valence-electron chi connectivity index (χ2n) is 5.75. The van der Waals surface area contributed by atoms with Gasteiger partial charge in [0.25, 0.3) is 0 Å². The highest BCUT2D eigenvalue weighted by Crippen LogP contribution is 2.35. The third-order valence-electron chi connectivity index (χ3n) is 3.85. The normalized spacial score (nSPS) is 11.7. The molecule has 0 aliphatic carbocycles. The molecule has 0 atom stereocenters. The third kappa shape index (κ3) is 3.04. The van der Waals surface area contributed by atoms with Crippen molar-refractivity contribution in [2.75, 3.05) is 7.11 Å². The lowest BCUT2D eigenvalue weighted by molar-refractivity contribution is -0.132. The summed E-state index contributed by atoms with van der Waals surface area (Å²) in [6.07, 6.45) is 1.61. The van der Waals surface area contributed by atoms with E-state index >= 15 is 0 Å². The minimum absolute atomic E-state index is 0.263. The molecule has 122 valence electrons. The highest BCUT2D eigenvalue weighted by molar-refractivity contribution is 5.94. The first kappa shape index (κ1) is 15.9. The number of methoxy groups -OCH3 is 1. The molecule has 1 N–H and O–H groups in total. The van der Waals surface area contributed by atoms with E-state index in [1.54, 1.807) is 26.2 Å². The Labute approximate surface area is 140 Å². The monoisotopic (exact) mass is 322 g/mol. The van der Waals surface area contributed by atoms with Crippen molar-refractivity contribution in [1.82, 2.24) is 0 Å². The van der Waals surface area contributed by atoms with E-state index in [9.17, 15) is 4.79 Å². The maximum Gasteiger partial charge on any atom is 0.331 e. The van der Waals surface area contributed by atoms with Crippen molar-refractivity contribution in [3.63, 3.8) is 0 Å². The van der Waals surface area contributed by atoms with Gasteiger partial charge in [-0.1, -0.05) is 23.8 Å². The van der Waals surface area contributed by atoms with Crippen molar-refractivity contribution >= 4 is 23.0 Å². The van der Waals surface area contributed by atoms with Crippen LogP contribution in [0.25, 0.3) is 28.4 Å². The summed E-state index contributed by atoms with van der Waals surface area (Å²) in [5, 5.41) is 9.91. The predicted octanol–water partition coefficient (Wildman–Crippen LogP) is 4.90. The minimum atomic E-state index is -0.943. The Balaban J connectivity index is 2.15. The van der Waals surface area contributed by atoms with Gasteiger partial charge in [-0.25, -0.2) is 4.79 Å². The number of furan rings is 1. The summed E-state index contributed by atoms with van der Waals surface area (Å²) in [7, 11) is 1.57. The van der Waals surface area contributed by atoms with E-state index in [1.165, 1.54) is 0 Å². The summed E-state index contributed by atoms with van der Waals surface area (Å²) in [5.41, 5.74) is 3.82.